The van der Waals surface area contributed by atoms with Gasteiger partial charge in [0.1, 0.15) is 0 Å². The highest BCUT2D eigenvalue weighted by molar-refractivity contribution is 5.28. The Morgan fingerprint density at radius 1 is 1.15 bits per heavy atom. The third-order valence-corrected chi connectivity index (χ3v) is 6.43. The monoisotopic (exact) mass is 366 g/mol. The molecular formula is C22H30N4O. The van der Waals surface area contributed by atoms with E-state index in [4.69, 9.17) is 0 Å². The summed E-state index contributed by atoms with van der Waals surface area (Å²) in [6.45, 7) is 5.68. The number of anilines is 1. The fourth-order valence-corrected chi connectivity index (χ4v) is 4.44. The summed E-state index contributed by atoms with van der Waals surface area (Å²) < 4.78 is 0. The van der Waals surface area contributed by atoms with Crippen LogP contribution in [0, 0.1) is 11.8 Å². The van der Waals surface area contributed by atoms with Gasteiger partial charge in [-0.05, 0) is 36.7 Å². The Morgan fingerprint density at radius 2 is 1.89 bits per heavy atom. The Morgan fingerprint density at radius 3 is 2.52 bits per heavy atom. The smallest absolute Gasteiger partial charge is 0.222 e. The van der Waals surface area contributed by atoms with E-state index in [-0.39, 0.29) is 0 Å². The predicted octanol–water partition coefficient (Wildman–Crippen LogP) is 3.46. The number of nitrogens with one attached hydrogen (secondary N) is 1. The summed E-state index contributed by atoms with van der Waals surface area (Å²) >= 11 is 0. The van der Waals surface area contributed by atoms with E-state index in [0.29, 0.717) is 17.8 Å². The molecule has 1 aromatic carbocycles. The predicted molar refractivity (Wildman–Crippen MR) is 107 cm³/mol. The first kappa shape index (κ1) is 18.4. The van der Waals surface area contributed by atoms with Crippen LogP contribution in [0.5, 0.6) is 0 Å². The summed E-state index contributed by atoms with van der Waals surface area (Å²) in [7, 11) is 0. The van der Waals surface area contributed by atoms with Gasteiger partial charge >= 0.3 is 0 Å². The quantitative estimate of drug-likeness (QED) is 0.820. The van der Waals surface area contributed by atoms with Crippen LogP contribution in [0.1, 0.15) is 43.7 Å². The van der Waals surface area contributed by atoms with Crippen molar-refractivity contribution in [1.82, 2.24) is 14.9 Å². The molecule has 1 aliphatic carbocycles. The maximum atomic E-state index is 11.1. The summed E-state index contributed by atoms with van der Waals surface area (Å²) in [6, 6.07) is 10.3. The molecule has 0 unspecified atom stereocenters. The van der Waals surface area contributed by atoms with Crippen molar-refractivity contribution in [2.45, 2.75) is 51.3 Å². The number of aromatic nitrogens is 2. The van der Waals surface area contributed by atoms with Gasteiger partial charge in [-0.1, -0.05) is 43.7 Å². The Balaban J connectivity index is 1.28. The van der Waals surface area contributed by atoms with E-state index in [1.165, 1.54) is 24.8 Å². The van der Waals surface area contributed by atoms with Crippen LogP contribution in [-0.4, -0.2) is 38.7 Å². The van der Waals surface area contributed by atoms with Gasteiger partial charge in [-0.15, -0.1) is 0 Å². The van der Waals surface area contributed by atoms with E-state index < -0.39 is 5.60 Å². The van der Waals surface area contributed by atoms with Crippen LogP contribution in [0.2, 0.25) is 0 Å². The second-order valence-corrected chi connectivity index (χ2v) is 8.26. The Bertz CT molecular complexity index is 732. The van der Waals surface area contributed by atoms with Gasteiger partial charge in [0.25, 0.3) is 0 Å². The molecule has 2 fully saturated rings. The maximum absolute atomic E-state index is 11.1. The van der Waals surface area contributed by atoms with E-state index in [9.17, 15) is 5.11 Å². The molecule has 5 heteroatoms. The molecule has 144 valence electrons. The average Bonchev–Trinajstić information content (AvgIpc) is 2.64. The van der Waals surface area contributed by atoms with Crippen LogP contribution in [-0.2, 0) is 13.1 Å². The number of nitrogens with zero attached hydrogens (tertiary/aromatic N) is 3. The van der Waals surface area contributed by atoms with E-state index >= 15 is 0 Å². The average molecular weight is 367 g/mol. The fourth-order valence-electron chi connectivity index (χ4n) is 4.44. The van der Waals surface area contributed by atoms with Crippen molar-refractivity contribution in [2.75, 3.05) is 18.4 Å². The zero-order valence-corrected chi connectivity index (χ0v) is 16.1. The molecular weight excluding hydrogens is 336 g/mol. The zero-order chi connectivity index (χ0) is 18.7. The lowest BCUT2D eigenvalue weighted by Crippen LogP contribution is -2.56. The number of hydrogen-bond acceptors (Lipinski definition) is 5. The highest BCUT2D eigenvalue weighted by Crippen LogP contribution is 2.44. The van der Waals surface area contributed by atoms with Crippen LogP contribution in [0.15, 0.2) is 42.7 Å². The summed E-state index contributed by atoms with van der Waals surface area (Å²) in [5.41, 5.74) is 1.89. The summed E-state index contributed by atoms with van der Waals surface area (Å²) in [4.78, 5) is 11.3. The molecule has 27 heavy (non-hydrogen) atoms. The molecule has 1 aliphatic heterocycles. The van der Waals surface area contributed by atoms with Crippen LogP contribution in [0.3, 0.4) is 0 Å². The van der Waals surface area contributed by atoms with Gasteiger partial charge in [-0.3, -0.25) is 4.90 Å². The Labute approximate surface area is 161 Å². The van der Waals surface area contributed by atoms with Crippen LogP contribution in [0.25, 0.3) is 0 Å². The molecule has 0 radical (unpaired) electrons. The Hall–Kier alpha value is -1.98. The van der Waals surface area contributed by atoms with Crippen molar-refractivity contribution >= 4 is 5.95 Å². The van der Waals surface area contributed by atoms with E-state index in [2.05, 4.69) is 39.2 Å². The number of piperidine rings is 1. The van der Waals surface area contributed by atoms with Gasteiger partial charge in [0, 0.05) is 44.1 Å². The van der Waals surface area contributed by atoms with Gasteiger partial charge < -0.3 is 10.4 Å². The molecule has 2 aromatic rings. The molecule has 2 aliphatic rings. The zero-order valence-electron chi connectivity index (χ0n) is 16.1. The van der Waals surface area contributed by atoms with Gasteiger partial charge in [0.05, 0.1) is 5.60 Å². The van der Waals surface area contributed by atoms with Gasteiger partial charge in [-0.25, -0.2) is 9.97 Å². The second-order valence-electron chi connectivity index (χ2n) is 8.26. The molecule has 0 amide bonds. The molecule has 1 saturated heterocycles. The van der Waals surface area contributed by atoms with Crippen molar-refractivity contribution in [2.24, 2.45) is 11.8 Å². The number of hydrogen-bond donors (Lipinski definition) is 2. The van der Waals surface area contributed by atoms with Gasteiger partial charge in [0.15, 0.2) is 0 Å². The van der Waals surface area contributed by atoms with Gasteiger partial charge in [-0.2, -0.15) is 0 Å². The highest BCUT2D eigenvalue weighted by Gasteiger charge is 2.46. The van der Waals surface area contributed by atoms with Gasteiger partial charge in [0.2, 0.25) is 5.95 Å². The minimum atomic E-state index is -0.448. The molecule has 0 spiro atoms. The number of aliphatic hydroxyl groups is 1. The van der Waals surface area contributed by atoms with E-state index in [1.54, 1.807) is 0 Å². The largest absolute Gasteiger partial charge is 0.389 e. The number of rotatable bonds is 6. The van der Waals surface area contributed by atoms with Crippen molar-refractivity contribution in [1.29, 1.82) is 0 Å². The molecule has 5 nitrogen and oxygen atoms in total. The molecule has 0 bridgehead atoms. The summed E-state index contributed by atoms with van der Waals surface area (Å²) in [6.07, 6.45) is 8.40. The number of likely N-dealkylation sites (tertiary alicyclic amines) is 1. The minimum Gasteiger partial charge on any atom is -0.389 e. The first-order valence-corrected chi connectivity index (χ1v) is 10.2. The van der Waals surface area contributed by atoms with E-state index in [1.807, 2.05) is 30.6 Å². The van der Waals surface area contributed by atoms with Crippen molar-refractivity contribution < 1.29 is 5.11 Å². The first-order valence-electron chi connectivity index (χ1n) is 10.2. The standard InChI is InChI=1S/C22H30N4O/c1-17-15-26(11-10-22(17,27)20-8-5-9-20)16-19-13-24-21(25-14-19)23-12-18-6-3-2-4-7-18/h2-4,6-7,13-14,17,20,27H,5,8-12,15-16H2,1H3,(H,23,24,25)/t17-,22+/m1/s1. The van der Waals surface area contributed by atoms with Crippen molar-refractivity contribution in [3.05, 3.63) is 53.9 Å². The molecule has 1 aromatic heterocycles. The summed E-state index contributed by atoms with van der Waals surface area (Å²) in [5.74, 6) is 1.51. The normalized spacial score (nSPS) is 26.5. The highest BCUT2D eigenvalue weighted by atomic mass is 16.3. The number of benzene rings is 1. The molecule has 1 saturated carbocycles. The topological polar surface area (TPSA) is 61.3 Å². The third kappa shape index (κ3) is 4.14. The Kier molecular flexibility index (Phi) is 5.41. The van der Waals surface area contributed by atoms with Crippen LogP contribution in [0.4, 0.5) is 5.95 Å². The van der Waals surface area contributed by atoms with E-state index in [0.717, 1.165) is 38.2 Å². The minimum absolute atomic E-state index is 0.323. The van der Waals surface area contributed by atoms with Crippen LogP contribution >= 0.6 is 0 Å². The lowest BCUT2D eigenvalue weighted by Gasteiger charge is -2.50. The SMILES string of the molecule is C[C@@H]1CN(Cc2cnc(NCc3ccccc3)nc2)CC[C@@]1(O)C1CCC1. The fraction of sp³-hybridized carbons (Fsp3) is 0.545. The summed E-state index contributed by atoms with van der Waals surface area (Å²) in [5, 5.41) is 14.3. The molecule has 2 heterocycles. The third-order valence-electron chi connectivity index (χ3n) is 6.43. The van der Waals surface area contributed by atoms with Crippen molar-refractivity contribution in [3.63, 3.8) is 0 Å². The van der Waals surface area contributed by atoms with Crippen molar-refractivity contribution in [3.8, 4) is 0 Å². The lowest BCUT2D eigenvalue weighted by molar-refractivity contribution is -0.128. The molecule has 2 N–H and O–H groups in total. The van der Waals surface area contributed by atoms with Crippen LogP contribution < -0.4 is 5.32 Å². The molecule has 2 atom stereocenters. The maximum Gasteiger partial charge on any atom is 0.222 e. The molecule has 4 rings (SSSR count). The second kappa shape index (κ2) is 7.95. The lowest BCUT2D eigenvalue weighted by atomic mass is 9.65. The first-order chi connectivity index (χ1) is 13.1.